The Balaban J connectivity index is 4.26. The molecule has 0 spiro atoms. The topological polar surface area (TPSA) is 108 Å². The first-order chi connectivity index (χ1) is 20.8. The second-order valence-corrected chi connectivity index (χ2v) is 12.3. The van der Waals surface area contributed by atoms with Crippen molar-refractivity contribution in [3.8, 4) is 0 Å². The first-order valence-electron chi connectivity index (χ1n) is 16.8. The molecule has 43 heavy (non-hydrogen) atoms. The molecule has 0 saturated carbocycles. The summed E-state index contributed by atoms with van der Waals surface area (Å²) in [6.45, 7) is 5.28. The monoisotopic (exact) mass is 628 g/mol. The molecule has 0 aliphatic rings. The van der Waals surface area contributed by atoms with E-state index in [1.165, 1.54) is 12.8 Å². The summed E-state index contributed by atoms with van der Waals surface area (Å²) >= 11 is 0. The van der Waals surface area contributed by atoms with Crippen LogP contribution < -0.4 is 0 Å². The zero-order valence-electron chi connectivity index (χ0n) is 27.3. The molecule has 8 nitrogen and oxygen atoms in total. The van der Waals surface area contributed by atoms with E-state index < -0.39 is 26.5 Å². The van der Waals surface area contributed by atoms with Crippen LogP contribution in [0.15, 0.2) is 36.5 Å². The highest BCUT2D eigenvalue weighted by atomic mass is 31.2. The molecule has 2 atom stereocenters. The molecular formula is C34H61O8P. The largest absolute Gasteiger partial charge is 0.472 e. The number of ether oxygens (including phenoxy) is 2. The van der Waals surface area contributed by atoms with Crippen molar-refractivity contribution in [2.75, 3.05) is 19.8 Å². The fraction of sp³-hybridized carbons (Fsp3) is 0.765. The number of rotatable bonds is 30. The number of phosphoric acid groups is 1. The molecule has 1 N–H and O–H groups in total. The molecule has 0 heterocycles. The van der Waals surface area contributed by atoms with Gasteiger partial charge in [0, 0.05) is 12.8 Å². The Hall–Kier alpha value is -1.73. The number of unbranched alkanes of at least 4 members (excludes halogenated alkanes) is 12. The Kier molecular flexibility index (Phi) is 29.1. The van der Waals surface area contributed by atoms with Crippen LogP contribution >= 0.6 is 7.82 Å². The number of esters is 2. The van der Waals surface area contributed by atoms with Crippen molar-refractivity contribution in [2.24, 2.45) is 0 Å². The van der Waals surface area contributed by atoms with Gasteiger partial charge >= 0.3 is 19.8 Å². The van der Waals surface area contributed by atoms with Gasteiger partial charge < -0.3 is 14.4 Å². The molecular weight excluding hydrogens is 567 g/mol. The van der Waals surface area contributed by atoms with Crippen LogP contribution in [0.1, 0.15) is 143 Å². The van der Waals surface area contributed by atoms with Gasteiger partial charge in [-0.3, -0.25) is 18.6 Å². The normalized spacial score (nSPS) is 14.0. The average molecular weight is 629 g/mol. The van der Waals surface area contributed by atoms with E-state index in [4.69, 9.17) is 18.5 Å². The molecule has 250 valence electrons. The minimum Gasteiger partial charge on any atom is -0.462 e. The van der Waals surface area contributed by atoms with Gasteiger partial charge in [0.05, 0.1) is 13.2 Å². The van der Waals surface area contributed by atoms with Crippen LogP contribution in [0, 0.1) is 0 Å². The lowest BCUT2D eigenvalue weighted by Crippen LogP contribution is -2.29. The summed E-state index contributed by atoms with van der Waals surface area (Å²) in [6.07, 6.45) is 30.6. The van der Waals surface area contributed by atoms with Crippen molar-refractivity contribution < 1.29 is 37.6 Å². The van der Waals surface area contributed by atoms with Crippen molar-refractivity contribution in [3.05, 3.63) is 36.5 Å². The molecule has 0 amide bonds. The fourth-order valence-electron chi connectivity index (χ4n) is 4.20. The van der Waals surface area contributed by atoms with Crippen molar-refractivity contribution in [2.45, 2.75) is 149 Å². The summed E-state index contributed by atoms with van der Waals surface area (Å²) in [5.74, 6) is -0.833. The maximum atomic E-state index is 12.4. The highest BCUT2D eigenvalue weighted by Gasteiger charge is 2.25. The van der Waals surface area contributed by atoms with Gasteiger partial charge in [-0.05, 0) is 64.7 Å². The van der Waals surface area contributed by atoms with E-state index in [-0.39, 0.29) is 32.0 Å². The van der Waals surface area contributed by atoms with Crippen molar-refractivity contribution >= 4 is 19.8 Å². The molecule has 0 aliphatic heterocycles. The van der Waals surface area contributed by atoms with E-state index in [2.05, 4.69) is 50.3 Å². The number of carbonyl (C=O) groups excluding carboxylic acids is 2. The number of carbonyl (C=O) groups is 2. The van der Waals surface area contributed by atoms with Gasteiger partial charge in [0.25, 0.3) is 0 Å². The van der Waals surface area contributed by atoms with E-state index in [0.717, 1.165) is 89.9 Å². The number of allylic oxidation sites excluding steroid dienone is 6. The standard InChI is InChI=1S/C34H61O8P/c1-4-7-9-11-13-15-17-18-19-21-23-25-27-29-34(36)42-32(31-41-43(37,38)40-6-3)30-39-33(35)28-26-24-22-20-16-14-12-10-8-5-2/h9-12,15,17,32H,4-8,13-14,16,18-31H2,1-3H3,(H,37,38)/b11-9-,12-10-,17-15-. The average Bonchev–Trinajstić information content (AvgIpc) is 2.97. The van der Waals surface area contributed by atoms with E-state index in [9.17, 15) is 19.0 Å². The lowest BCUT2D eigenvalue weighted by Gasteiger charge is -2.19. The third kappa shape index (κ3) is 30.1. The molecule has 0 aromatic heterocycles. The summed E-state index contributed by atoms with van der Waals surface area (Å²) in [7, 11) is -4.27. The van der Waals surface area contributed by atoms with E-state index in [0.29, 0.717) is 6.42 Å². The molecule has 2 unspecified atom stereocenters. The zero-order valence-corrected chi connectivity index (χ0v) is 28.2. The van der Waals surface area contributed by atoms with E-state index in [1.807, 2.05) is 0 Å². The molecule has 0 bridgehead atoms. The highest BCUT2D eigenvalue weighted by Crippen LogP contribution is 2.43. The quantitative estimate of drug-likeness (QED) is 0.0362. The minimum absolute atomic E-state index is 0.00451. The van der Waals surface area contributed by atoms with Gasteiger partial charge in [-0.15, -0.1) is 0 Å². The molecule has 0 aromatic carbocycles. The molecule has 0 fully saturated rings. The highest BCUT2D eigenvalue weighted by molar-refractivity contribution is 7.47. The SMILES string of the molecule is CCC/C=C\C/C=C\CCCCCCCC(=O)OC(COC(=O)CCCCCCC/C=C\CCC)COP(=O)(O)OCC. The Morgan fingerprint density at radius 2 is 1.12 bits per heavy atom. The van der Waals surface area contributed by atoms with Crippen LogP contribution in [0.3, 0.4) is 0 Å². The van der Waals surface area contributed by atoms with Crippen LogP contribution in [-0.2, 0) is 32.7 Å². The summed E-state index contributed by atoms with van der Waals surface area (Å²) in [5.41, 5.74) is 0. The molecule has 0 radical (unpaired) electrons. The first kappa shape index (κ1) is 41.3. The molecule has 0 aromatic rings. The lowest BCUT2D eigenvalue weighted by molar-refractivity contribution is -0.161. The first-order valence-corrected chi connectivity index (χ1v) is 18.3. The van der Waals surface area contributed by atoms with Crippen molar-refractivity contribution in [3.63, 3.8) is 0 Å². The summed E-state index contributed by atoms with van der Waals surface area (Å²) in [4.78, 5) is 34.4. The number of phosphoric ester groups is 1. The van der Waals surface area contributed by atoms with Gasteiger partial charge in [-0.1, -0.05) is 102 Å². The lowest BCUT2D eigenvalue weighted by atomic mass is 10.1. The summed E-state index contributed by atoms with van der Waals surface area (Å²) < 4.78 is 32.3. The summed E-state index contributed by atoms with van der Waals surface area (Å²) in [6, 6.07) is 0. The van der Waals surface area contributed by atoms with Crippen LogP contribution in [0.25, 0.3) is 0 Å². The maximum absolute atomic E-state index is 12.4. The Morgan fingerprint density at radius 1 is 0.628 bits per heavy atom. The van der Waals surface area contributed by atoms with Gasteiger partial charge in [0.1, 0.15) is 6.61 Å². The molecule has 0 aliphatic carbocycles. The van der Waals surface area contributed by atoms with Crippen LogP contribution in [0.5, 0.6) is 0 Å². The van der Waals surface area contributed by atoms with Gasteiger partial charge in [-0.25, -0.2) is 4.57 Å². The zero-order chi connectivity index (χ0) is 31.9. The van der Waals surface area contributed by atoms with Crippen LogP contribution in [0.2, 0.25) is 0 Å². The van der Waals surface area contributed by atoms with Crippen LogP contribution in [0.4, 0.5) is 0 Å². The molecule has 0 rings (SSSR count). The maximum Gasteiger partial charge on any atom is 0.472 e. The second-order valence-electron chi connectivity index (χ2n) is 10.8. The van der Waals surface area contributed by atoms with Crippen molar-refractivity contribution in [1.82, 2.24) is 0 Å². The van der Waals surface area contributed by atoms with E-state index >= 15 is 0 Å². The third-order valence-corrected chi connectivity index (χ3v) is 7.69. The molecule has 0 saturated heterocycles. The third-order valence-electron chi connectivity index (χ3n) is 6.63. The van der Waals surface area contributed by atoms with Gasteiger partial charge in [0.2, 0.25) is 0 Å². The Morgan fingerprint density at radius 3 is 1.70 bits per heavy atom. The minimum atomic E-state index is -4.27. The predicted octanol–water partition coefficient (Wildman–Crippen LogP) is 9.72. The number of hydrogen-bond acceptors (Lipinski definition) is 7. The summed E-state index contributed by atoms with van der Waals surface area (Å²) in [5, 5.41) is 0. The number of hydrogen-bond donors (Lipinski definition) is 1. The predicted molar refractivity (Wildman–Crippen MR) is 175 cm³/mol. The second kappa shape index (κ2) is 30.3. The van der Waals surface area contributed by atoms with Gasteiger partial charge in [-0.2, -0.15) is 0 Å². The van der Waals surface area contributed by atoms with E-state index in [1.54, 1.807) is 6.92 Å². The fourth-order valence-corrected chi connectivity index (χ4v) is 4.95. The van der Waals surface area contributed by atoms with Gasteiger partial charge in [0.15, 0.2) is 6.10 Å². The smallest absolute Gasteiger partial charge is 0.462 e. The Labute approximate surface area is 262 Å². The van der Waals surface area contributed by atoms with Crippen molar-refractivity contribution in [1.29, 1.82) is 0 Å². The van der Waals surface area contributed by atoms with Crippen LogP contribution in [-0.4, -0.2) is 42.8 Å². The Bertz CT molecular complexity index is 808. The molecule has 9 heteroatoms.